The van der Waals surface area contributed by atoms with E-state index in [1.54, 1.807) is 0 Å². The van der Waals surface area contributed by atoms with Crippen LogP contribution in [0.25, 0.3) is 0 Å². The molecule has 100 valence electrons. The molecule has 1 aliphatic rings. The number of likely N-dealkylation sites (N-methyl/N-ethyl adjacent to an activating group) is 1. The predicted octanol–water partition coefficient (Wildman–Crippen LogP) is 1.26. The zero-order valence-corrected chi connectivity index (χ0v) is 11.7. The van der Waals surface area contributed by atoms with Crippen molar-refractivity contribution in [1.29, 1.82) is 0 Å². The van der Waals surface area contributed by atoms with Crippen LogP contribution in [0.1, 0.15) is 33.6 Å². The van der Waals surface area contributed by atoms with E-state index in [2.05, 4.69) is 24.1 Å². The number of esters is 1. The number of methoxy groups -OCH3 is 1. The molecule has 1 fully saturated rings. The van der Waals surface area contributed by atoms with Gasteiger partial charge in [0.05, 0.1) is 7.11 Å². The van der Waals surface area contributed by atoms with Gasteiger partial charge in [-0.05, 0) is 39.7 Å². The summed E-state index contributed by atoms with van der Waals surface area (Å²) >= 11 is 0. The Balaban J connectivity index is 2.69. The average Bonchev–Trinajstić information content (AvgIpc) is 2.32. The van der Waals surface area contributed by atoms with E-state index in [0.717, 1.165) is 6.54 Å². The molecule has 1 rings (SSSR count). The molecule has 1 N–H and O–H groups in total. The van der Waals surface area contributed by atoms with E-state index < -0.39 is 5.54 Å². The Kier molecular flexibility index (Phi) is 4.95. The summed E-state index contributed by atoms with van der Waals surface area (Å²) in [6.07, 6.45) is 2.49. The summed E-state index contributed by atoms with van der Waals surface area (Å²) in [5, 5.41) is 3.10. The molecule has 0 aromatic carbocycles. The van der Waals surface area contributed by atoms with Crippen LogP contribution in [0.4, 0.5) is 0 Å². The van der Waals surface area contributed by atoms with Crippen molar-refractivity contribution in [2.45, 2.75) is 45.2 Å². The molecule has 17 heavy (non-hydrogen) atoms. The lowest BCUT2D eigenvalue weighted by atomic mass is 9.92. The van der Waals surface area contributed by atoms with Crippen molar-refractivity contribution in [2.75, 3.05) is 27.2 Å². The molecule has 0 aliphatic carbocycles. The zero-order valence-electron chi connectivity index (χ0n) is 11.7. The van der Waals surface area contributed by atoms with Gasteiger partial charge < -0.3 is 10.1 Å². The lowest BCUT2D eigenvalue weighted by Gasteiger charge is -2.41. The van der Waals surface area contributed by atoms with E-state index in [0.29, 0.717) is 18.5 Å². The van der Waals surface area contributed by atoms with Crippen molar-refractivity contribution in [1.82, 2.24) is 10.2 Å². The monoisotopic (exact) mass is 242 g/mol. The van der Waals surface area contributed by atoms with Crippen LogP contribution in [0.5, 0.6) is 0 Å². The van der Waals surface area contributed by atoms with Crippen LogP contribution in [0.2, 0.25) is 0 Å². The highest BCUT2D eigenvalue weighted by Crippen LogP contribution is 2.23. The smallest absolute Gasteiger partial charge is 0.327 e. The molecule has 0 radical (unpaired) electrons. The SMILES string of the molecule is CNC(C)(CN1CC(C)CCC1C)C(=O)OC. The van der Waals surface area contributed by atoms with Gasteiger partial charge in [0.15, 0.2) is 0 Å². The van der Waals surface area contributed by atoms with Crippen LogP contribution in [0, 0.1) is 5.92 Å². The molecule has 0 aromatic rings. The molecule has 0 bridgehead atoms. The number of hydrogen-bond acceptors (Lipinski definition) is 4. The number of hydrogen-bond donors (Lipinski definition) is 1. The zero-order chi connectivity index (χ0) is 13.1. The number of ether oxygens (including phenoxy) is 1. The van der Waals surface area contributed by atoms with Crippen molar-refractivity contribution in [3.05, 3.63) is 0 Å². The molecule has 3 atom stereocenters. The Morgan fingerprint density at radius 3 is 2.65 bits per heavy atom. The fraction of sp³-hybridized carbons (Fsp3) is 0.923. The summed E-state index contributed by atoms with van der Waals surface area (Å²) in [4.78, 5) is 14.2. The lowest BCUT2D eigenvalue weighted by Crippen LogP contribution is -2.58. The maximum Gasteiger partial charge on any atom is 0.327 e. The van der Waals surface area contributed by atoms with Gasteiger partial charge in [-0.15, -0.1) is 0 Å². The second-order valence-electron chi connectivity index (χ2n) is 5.53. The second kappa shape index (κ2) is 5.83. The van der Waals surface area contributed by atoms with Gasteiger partial charge in [0.2, 0.25) is 0 Å². The summed E-state index contributed by atoms with van der Waals surface area (Å²) in [6, 6.07) is 0.545. The first kappa shape index (κ1) is 14.5. The van der Waals surface area contributed by atoms with Crippen LogP contribution in [0.15, 0.2) is 0 Å². The third-order valence-corrected chi connectivity index (χ3v) is 3.95. The quantitative estimate of drug-likeness (QED) is 0.754. The van der Waals surface area contributed by atoms with Gasteiger partial charge in [0, 0.05) is 19.1 Å². The Labute approximate surface area is 105 Å². The number of carbonyl (C=O) groups is 1. The highest BCUT2D eigenvalue weighted by Gasteiger charge is 2.37. The first-order chi connectivity index (χ1) is 7.92. The summed E-state index contributed by atoms with van der Waals surface area (Å²) in [6.45, 7) is 8.19. The maximum absolute atomic E-state index is 11.8. The molecular weight excluding hydrogens is 216 g/mol. The summed E-state index contributed by atoms with van der Waals surface area (Å²) in [7, 11) is 3.26. The molecular formula is C13H26N2O2. The van der Waals surface area contributed by atoms with Gasteiger partial charge in [-0.1, -0.05) is 6.92 Å². The number of piperidine rings is 1. The summed E-state index contributed by atoms with van der Waals surface area (Å²) in [5.41, 5.74) is -0.611. The molecule has 4 heteroatoms. The minimum Gasteiger partial charge on any atom is -0.468 e. The van der Waals surface area contributed by atoms with Gasteiger partial charge in [-0.3, -0.25) is 9.69 Å². The summed E-state index contributed by atoms with van der Waals surface area (Å²) in [5.74, 6) is 0.523. The van der Waals surface area contributed by atoms with E-state index in [1.165, 1.54) is 20.0 Å². The van der Waals surface area contributed by atoms with Crippen molar-refractivity contribution in [2.24, 2.45) is 5.92 Å². The molecule has 1 heterocycles. The molecule has 1 saturated heterocycles. The highest BCUT2D eigenvalue weighted by atomic mass is 16.5. The Hall–Kier alpha value is -0.610. The largest absolute Gasteiger partial charge is 0.468 e. The number of rotatable bonds is 4. The first-order valence-electron chi connectivity index (χ1n) is 6.44. The van der Waals surface area contributed by atoms with Crippen molar-refractivity contribution in [3.8, 4) is 0 Å². The normalized spacial score (nSPS) is 29.7. The average molecular weight is 242 g/mol. The van der Waals surface area contributed by atoms with Crippen molar-refractivity contribution >= 4 is 5.97 Å². The molecule has 0 spiro atoms. The summed E-state index contributed by atoms with van der Waals surface area (Å²) < 4.78 is 4.88. The van der Waals surface area contributed by atoms with Crippen molar-refractivity contribution in [3.63, 3.8) is 0 Å². The third kappa shape index (κ3) is 3.42. The predicted molar refractivity (Wildman–Crippen MR) is 68.9 cm³/mol. The van der Waals surface area contributed by atoms with Crippen LogP contribution in [0.3, 0.4) is 0 Å². The minimum atomic E-state index is -0.611. The second-order valence-corrected chi connectivity index (χ2v) is 5.53. The number of nitrogens with one attached hydrogen (secondary N) is 1. The number of nitrogens with zero attached hydrogens (tertiary/aromatic N) is 1. The third-order valence-electron chi connectivity index (χ3n) is 3.95. The van der Waals surface area contributed by atoms with Crippen LogP contribution < -0.4 is 5.32 Å². The van der Waals surface area contributed by atoms with Crippen LogP contribution in [-0.4, -0.2) is 49.7 Å². The van der Waals surface area contributed by atoms with Crippen LogP contribution >= 0.6 is 0 Å². The van der Waals surface area contributed by atoms with E-state index in [4.69, 9.17) is 4.74 Å². The van der Waals surface area contributed by atoms with Gasteiger partial charge in [0.1, 0.15) is 5.54 Å². The van der Waals surface area contributed by atoms with Crippen molar-refractivity contribution < 1.29 is 9.53 Å². The van der Waals surface area contributed by atoms with Gasteiger partial charge in [-0.2, -0.15) is 0 Å². The maximum atomic E-state index is 11.8. The van der Waals surface area contributed by atoms with Gasteiger partial charge >= 0.3 is 5.97 Å². The fourth-order valence-electron chi connectivity index (χ4n) is 2.48. The van der Waals surface area contributed by atoms with Gasteiger partial charge in [-0.25, -0.2) is 0 Å². The molecule has 0 amide bonds. The molecule has 4 nitrogen and oxygen atoms in total. The minimum absolute atomic E-state index is 0.189. The number of likely N-dealkylation sites (tertiary alicyclic amines) is 1. The lowest BCUT2D eigenvalue weighted by molar-refractivity contribution is -0.149. The first-order valence-corrected chi connectivity index (χ1v) is 6.44. The topological polar surface area (TPSA) is 41.6 Å². The Morgan fingerprint density at radius 1 is 1.47 bits per heavy atom. The van der Waals surface area contributed by atoms with Gasteiger partial charge in [0.25, 0.3) is 0 Å². The Bertz CT molecular complexity index is 270. The van der Waals surface area contributed by atoms with E-state index in [-0.39, 0.29) is 5.97 Å². The molecule has 0 saturated carbocycles. The van der Waals surface area contributed by atoms with E-state index in [1.807, 2.05) is 14.0 Å². The molecule has 0 aromatic heterocycles. The highest BCUT2D eigenvalue weighted by molar-refractivity contribution is 5.80. The standard InChI is InChI=1S/C13H26N2O2/c1-10-6-7-11(2)15(8-10)9-13(3,14-4)12(16)17-5/h10-11,14H,6-9H2,1-5H3. The van der Waals surface area contributed by atoms with Crippen LogP contribution in [-0.2, 0) is 9.53 Å². The van der Waals surface area contributed by atoms with E-state index >= 15 is 0 Å². The number of carbonyl (C=O) groups excluding carboxylic acids is 1. The molecule has 1 aliphatic heterocycles. The Morgan fingerprint density at radius 2 is 2.12 bits per heavy atom. The fourth-order valence-corrected chi connectivity index (χ4v) is 2.48. The molecule has 3 unspecified atom stereocenters. The van der Waals surface area contributed by atoms with E-state index in [9.17, 15) is 4.79 Å².